The summed E-state index contributed by atoms with van der Waals surface area (Å²) in [5.41, 5.74) is 7.36. The van der Waals surface area contributed by atoms with Crippen LogP contribution in [0.3, 0.4) is 0 Å². The first kappa shape index (κ1) is 17.8. The lowest BCUT2D eigenvalue weighted by Gasteiger charge is -2.07. The largest absolute Gasteiger partial charge is 0.454 e. The van der Waals surface area contributed by atoms with Gasteiger partial charge in [0.2, 0.25) is 0 Å². The fourth-order valence-electron chi connectivity index (χ4n) is 2.52. The molecule has 0 saturated heterocycles. The van der Waals surface area contributed by atoms with Gasteiger partial charge in [-0.1, -0.05) is 24.3 Å². The van der Waals surface area contributed by atoms with E-state index in [1.54, 1.807) is 24.3 Å². The monoisotopic (exact) mass is 371 g/mol. The van der Waals surface area contributed by atoms with Gasteiger partial charge in [-0.05, 0) is 29.8 Å². The molecule has 3 aromatic rings. The number of nitrogens with zero attached hydrogens (tertiary/aromatic N) is 2. The van der Waals surface area contributed by atoms with E-state index in [2.05, 4.69) is 9.97 Å². The van der Waals surface area contributed by atoms with Crippen LogP contribution in [0.15, 0.2) is 48.5 Å². The first-order valence-electron chi connectivity index (χ1n) is 7.77. The molecule has 0 atom stereocenters. The maximum absolute atomic E-state index is 12.2. The molecular formula is C18H17N3O4S. The van der Waals surface area contributed by atoms with Gasteiger partial charge in [0.1, 0.15) is 5.82 Å². The highest BCUT2D eigenvalue weighted by molar-refractivity contribution is 7.89. The highest BCUT2D eigenvalue weighted by Gasteiger charge is 2.12. The number of benzene rings is 2. The van der Waals surface area contributed by atoms with Gasteiger partial charge in [0.25, 0.3) is 0 Å². The van der Waals surface area contributed by atoms with Crippen molar-refractivity contribution in [1.29, 1.82) is 0 Å². The Bertz CT molecular complexity index is 1080. The van der Waals surface area contributed by atoms with Crippen molar-refractivity contribution in [3.8, 4) is 0 Å². The molecule has 0 radical (unpaired) electrons. The van der Waals surface area contributed by atoms with Crippen LogP contribution in [-0.4, -0.2) is 30.6 Å². The fraction of sp³-hybridized carbons (Fsp3) is 0.167. The second-order valence-corrected chi connectivity index (χ2v) is 8.03. The number of para-hydroxylation sites is 1. The second-order valence-electron chi connectivity index (χ2n) is 5.89. The molecule has 0 aliphatic carbocycles. The zero-order chi connectivity index (χ0) is 18.7. The Balaban J connectivity index is 1.74. The summed E-state index contributed by atoms with van der Waals surface area (Å²) in [6.45, 7) is -0.135. The van der Waals surface area contributed by atoms with E-state index in [0.29, 0.717) is 22.7 Å². The normalized spacial score (nSPS) is 11.4. The minimum atomic E-state index is -3.19. The molecular weight excluding hydrogens is 354 g/mol. The van der Waals surface area contributed by atoms with E-state index in [1.807, 2.05) is 18.2 Å². The van der Waals surface area contributed by atoms with Crippen LogP contribution in [0.1, 0.15) is 21.7 Å². The van der Waals surface area contributed by atoms with Crippen LogP contribution in [-0.2, 0) is 26.9 Å². The molecule has 2 N–H and O–H groups in total. The van der Waals surface area contributed by atoms with E-state index in [0.717, 1.165) is 11.6 Å². The molecule has 0 fully saturated rings. The van der Waals surface area contributed by atoms with E-state index in [9.17, 15) is 13.2 Å². The summed E-state index contributed by atoms with van der Waals surface area (Å²) in [5.74, 6) is -0.118. The average Bonchev–Trinajstić information content (AvgIpc) is 2.58. The third-order valence-electron chi connectivity index (χ3n) is 3.60. The molecule has 3 rings (SSSR count). The van der Waals surface area contributed by atoms with E-state index in [1.165, 1.54) is 6.07 Å². The lowest BCUT2D eigenvalue weighted by atomic mass is 10.1. The number of rotatable bonds is 5. The maximum atomic E-state index is 12.2. The number of hydrogen-bond donors (Lipinski definition) is 1. The van der Waals surface area contributed by atoms with Crippen molar-refractivity contribution in [2.24, 2.45) is 0 Å². The summed E-state index contributed by atoms with van der Waals surface area (Å²) in [6.07, 6.45) is 1.14. The highest BCUT2D eigenvalue weighted by atomic mass is 32.2. The van der Waals surface area contributed by atoms with Crippen LogP contribution in [0.4, 0.5) is 5.82 Å². The van der Waals surface area contributed by atoms with Crippen LogP contribution in [0, 0.1) is 0 Å². The quantitative estimate of drug-likeness (QED) is 0.684. The molecule has 0 amide bonds. The fourth-order valence-corrected chi connectivity index (χ4v) is 3.30. The van der Waals surface area contributed by atoms with Crippen molar-refractivity contribution in [2.45, 2.75) is 12.4 Å². The second kappa shape index (κ2) is 7.09. The number of nitrogens with two attached hydrogens (primary N) is 1. The van der Waals surface area contributed by atoms with Gasteiger partial charge < -0.3 is 10.5 Å². The van der Waals surface area contributed by atoms with Crippen molar-refractivity contribution in [3.63, 3.8) is 0 Å². The third-order valence-corrected chi connectivity index (χ3v) is 4.46. The first-order valence-corrected chi connectivity index (χ1v) is 9.83. The Hall–Kier alpha value is -3.00. The van der Waals surface area contributed by atoms with Crippen molar-refractivity contribution < 1.29 is 17.9 Å². The van der Waals surface area contributed by atoms with Crippen molar-refractivity contribution in [1.82, 2.24) is 9.97 Å². The lowest BCUT2D eigenvalue weighted by Crippen LogP contribution is -2.09. The zero-order valence-electron chi connectivity index (χ0n) is 14.0. The predicted octanol–water partition coefficient (Wildman–Crippen LogP) is 2.11. The van der Waals surface area contributed by atoms with Gasteiger partial charge in [0, 0.05) is 11.6 Å². The minimum absolute atomic E-state index is 0.135. The first-order chi connectivity index (χ1) is 12.3. The number of anilines is 1. The number of nitrogen functional groups attached to an aromatic ring is 1. The summed E-state index contributed by atoms with van der Waals surface area (Å²) in [6, 6.07) is 13.6. The number of carbonyl (C=O) groups is 1. The Labute approximate surface area is 150 Å². The molecule has 134 valence electrons. The number of sulfone groups is 1. The maximum Gasteiger partial charge on any atom is 0.338 e. The van der Waals surface area contributed by atoms with E-state index >= 15 is 0 Å². The Morgan fingerprint density at radius 2 is 1.88 bits per heavy atom. The van der Waals surface area contributed by atoms with Gasteiger partial charge in [-0.15, -0.1) is 0 Å². The summed E-state index contributed by atoms with van der Waals surface area (Å²) >= 11 is 0. The van der Waals surface area contributed by atoms with Crippen LogP contribution in [0.25, 0.3) is 10.9 Å². The molecule has 26 heavy (non-hydrogen) atoms. The molecule has 1 heterocycles. The topological polar surface area (TPSA) is 112 Å². The van der Waals surface area contributed by atoms with Gasteiger partial charge in [0.15, 0.2) is 22.3 Å². The standard InChI is InChI=1S/C18H17N3O4S/c1-26(23,24)11-12-5-4-6-13(9-12)18(22)25-10-16-20-15-8-3-2-7-14(15)17(19)21-16/h2-9H,10-11H2,1H3,(H2,19,20,21). The van der Waals surface area contributed by atoms with Crippen molar-refractivity contribution in [2.75, 3.05) is 12.0 Å². The van der Waals surface area contributed by atoms with Crippen LogP contribution in [0.5, 0.6) is 0 Å². The summed E-state index contributed by atoms with van der Waals surface area (Å²) in [4.78, 5) is 20.7. The van der Waals surface area contributed by atoms with Gasteiger partial charge in [-0.2, -0.15) is 0 Å². The van der Waals surface area contributed by atoms with Gasteiger partial charge in [-0.25, -0.2) is 23.2 Å². The van der Waals surface area contributed by atoms with Crippen molar-refractivity contribution >= 4 is 32.5 Å². The van der Waals surface area contributed by atoms with E-state index in [4.69, 9.17) is 10.5 Å². The lowest BCUT2D eigenvalue weighted by molar-refractivity contribution is 0.0462. The smallest absolute Gasteiger partial charge is 0.338 e. The number of ether oxygens (including phenoxy) is 1. The molecule has 0 saturated carbocycles. The molecule has 0 spiro atoms. The van der Waals surface area contributed by atoms with E-state index < -0.39 is 15.8 Å². The molecule has 0 aliphatic heterocycles. The molecule has 0 bridgehead atoms. The summed E-state index contributed by atoms with van der Waals surface area (Å²) < 4.78 is 28.0. The number of hydrogen-bond acceptors (Lipinski definition) is 7. The minimum Gasteiger partial charge on any atom is -0.454 e. The number of esters is 1. The van der Waals surface area contributed by atoms with Gasteiger partial charge in [-0.3, -0.25) is 0 Å². The van der Waals surface area contributed by atoms with E-state index in [-0.39, 0.29) is 17.9 Å². The van der Waals surface area contributed by atoms with Crippen LogP contribution < -0.4 is 5.73 Å². The summed E-state index contributed by atoms with van der Waals surface area (Å²) in [7, 11) is -3.19. The van der Waals surface area contributed by atoms with Gasteiger partial charge in [0.05, 0.1) is 16.8 Å². The number of carbonyl (C=O) groups excluding carboxylic acids is 1. The molecule has 1 aromatic heterocycles. The average molecular weight is 371 g/mol. The third kappa shape index (κ3) is 4.34. The highest BCUT2D eigenvalue weighted by Crippen LogP contribution is 2.17. The molecule has 0 aliphatic rings. The van der Waals surface area contributed by atoms with Crippen LogP contribution >= 0.6 is 0 Å². The zero-order valence-corrected chi connectivity index (χ0v) is 14.9. The predicted molar refractivity (Wildman–Crippen MR) is 98.1 cm³/mol. The van der Waals surface area contributed by atoms with Gasteiger partial charge >= 0.3 is 5.97 Å². The molecule has 2 aromatic carbocycles. The molecule has 7 nitrogen and oxygen atoms in total. The molecule has 0 unspecified atom stereocenters. The Morgan fingerprint density at radius 3 is 2.65 bits per heavy atom. The Morgan fingerprint density at radius 1 is 1.12 bits per heavy atom. The SMILES string of the molecule is CS(=O)(=O)Cc1cccc(C(=O)OCc2nc(N)c3ccccc3n2)c1. The van der Waals surface area contributed by atoms with Crippen molar-refractivity contribution in [3.05, 3.63) is 65.5 Å². The summed E-state index contributed by atoms with van der Waals surface area (Å²) in [5, 5.41) is 0.732. The van der Waals surface area contributed by atoms with Crippen LogP contribution in [0.2, 0.25) is 0 Å². The molecule has 8 heteroatoms. The number of aromatic nitrogens is 2. The number of fused-ring (bicyclic) bond motifs is 1. The Kier molecular flexibility index (Phi) is 4.85.